The summed E-state index contributed by atoms with van der Waals surface area (Å²) < 4.78 is 4.63. The largest absolute Gasteiger partial charge is 0.468 e. The molecule has 0 aliphatic rings. The molecule has 1 N–H and O–H groups in total. The molecular weight excluding hydrogens is 232 g/mol. The molecule has 0 saturated heterocycles. The lowest BCUT2D eigenvalue weighted by atomic mass is 10.0. The molecule has 0 radical (unpaired) electrons. The van der Waals surface area contributed by atoms with E-state index >= 15 is 0 Å². The molecule has 0 aromatic carbocycles. The quantitative estimate of drug-likeness (QED) is 0.628. The zero-order valence-corrected chi connectivity index (χ0v) is 12.0. The van der Waals surface area contributed by atoms with Crippen LogP contribution < -0.4 is 5.32 Å². The fraction of sp³-hybridized carbons (Fsp3) is 0.846. The SMILES string of the molecule is CCNCC(=O)N(CC(=O)OC)CC(CC)CC. The van der Waals surface area contributed by atoms with Crippen LogP contribution in [0.4, 0.5) is 0 Å². The van der Waals surface area contributed by atoms with Crippen LogP contribution in [-0.2, 0) is 14.3 Å². The zero-order chi connectivity index (χ0) is 14.0. The van der Waals surface area contributed by atoms with Crippen molar-refractivity contribution in [2.75, 3.05) is 33.3 Å². The summed E-state index contributed by atoms with van der Waals surface area (Å²) >= 11 is 0. The van der Waals surface area contributed by atoms with Crippen molar-refractivity contribution in [2.24, 2.45) is 5.92 Å². The smallest absolute Gasteiger partial charge is 0.325 e. The number of amides is 1. The second kappa shape index (κ2) is 9.88. The van der Waals surface area contributed by atoms with Crippen LogP contribution in [0.15, 0.2) is 0 Å². The van der Waals surface area contributed by atoms with Gasteiger partial charge in [0.05, 0.1) is 13.7 Å². The molecule has 0 unspecified atom stereocenters. The first-order valence-electron chi connectivity index (χ1n) is 6.64. The Hall–Kier alpha value is -1.10. The van der Waals surface area contributed by atoms with Crippen LogP contribution in [0.1, 0.15) is 33.6 Å². The molecule has 5 nitrogen and oxygen atoms in total. The first kappa shape index (κ1) is 16.9. The van der Waals surface area contributed by atoms with E-state index in [9.17, 15) is 9.59 Å². The van der Waals surface area contributed by atoms with E-state index in [1.165, 1.54) is 7.11 Å². The molecule has 0 fully saturated rings. The van der Waals surface area contributed by atoms with Gasteiger partial charge in [0, 0.05) is 6.54 Å². The summed E-state index contributed by atoms with van der Waals surface area (Å²) in [5, 5.41) is 2.99. The predicted octanol–water partition coefficient (Wildman–Crippen LogP) is 1.03. The van der Waals surface area contributed by atoms with Crippen LogP contribution in [0.25, 0.3) is 0 Å². The van der Waals surface area contributed by atoms with Gasteiger partial charge in [-0.25, -0.2) is 0 Å². The van der Waals surface area contributed by atoms with Gasteiger partial charge >= 0.3 is 5.97 Å². The van der Waals surface area contributed by atoms with Gasteiger partial charge < -0.3 is 15.0 Å². The van der Waals surface area contributed by atoms with Crippen molar-refractivity contribution in [3.63, 3.8) is 0 Å². The number of nitrogens with zero attached hydrogens (tertiary/aromatic N) is 1. The average molecular weight is 258 g/mol. The molecule has 0 saturated carbocycles. The molecular formula is C13H26N2O3. The second-order valence-corrected chi connectivity index (χ2v) is 4.31. The molecule has 0 heterocycles. The van der Waals surface area contributed by atoms with Crippen molar-refractivity contribution in [3.05, 3.63) is 0 Å². The Balaban J connectivity index is 4.49. The number of esters is 1. The van der Waals surface area contributed by atoms with Gasteiger partial charge in [-0.1, -0.05) is 33.6 Å². The van der Waals surface area contributed by atoms with Crippen LogP contribution in [0.2, 0.25) is 0 Å². The van der Waals surface area contributed by atoms with Gasteiger partial charge in [0.15, 0.2) is 0 Å². The summed E-state index contributed by atoms with van der Waals surface area (Å²) in [6, 6.07) is 0. The normalized spacial score (nSPS) is 10.5. The van der Waals surface area contributed by atoms with Gasteiger partial charge in [0.25, 0.3) is 0 Å². The Morgan fingerprint density at radius 1 is 1.22 bits per heavy atom. The van der Waals surface area contributed by atoms with Crippen molar-refractivity contribution in [1.29, 1.82) is 0 Å². The van der Waals surface area contributed by atoms with Crippen molar-refractivity contribution in [3.8, 4) is 0 Å². The highest BCUT2D eigenvalue weighted by molar-refractivity contribution is 5.83. The number of hydrogen-bond acceptors (Lipinski definition) is 4. The van der Waals surface area contributed by atoms with E-state index in [-0.39, 0.29) is 25.0 Å². The Labute approximate surface area is 110 Å². The number of likely N-dealkylation sites (N-methyl/N-ethyl adjacent to an activating group) is 1. The van der Waals surface area contributed by atoms with Gasteiger partial charge in [-0.3, -0.25) is 9.59 Å². The third-order valence-electron chi connectivity index (χ3n) is 3.06. The molecule has 0 aliphatic carbocycles. The van der Waals surface area contributed by atoms with E-state index in [1.807, 2.05) is 6.92 Å². The lowest BCUT2D eigenvalue weighted by Gasteiger charge is -2.25. The minimum Gasteiger partial charge on any atom is -0.468 e. The van der Waals surface area contributed by atoms with Gasteiger partial charge in [0.1, 0.15) is 6.54 Å². The maximum atomic E-state index is 12.0. The second-order valence-electron chi connectivity index (χ2n) is 4.31. The fourth-order valence-corrected chi connectivity index (χ4v) is 1.68. The number of rotatable bonds is 9. The Kier molecular flexibility index (Phi) is 9.28. The van der Waals surface area contributed by atoms with Crippen molar-refractivity contribution < 1.29 is 14.3 Å². The molecule has 106 valence electrons. The molecule has 0 aromatic heterocycles. The zero-order valence-electron chi connectivity index (χ0n) is 12.0. The Morgan fingerprint density at radius 2 is 1.83 bits per heavy atom. The molecule has 5 heteroatoms. The van der Waals surface area contributed by atoms with E-state index in [0.717, 1.165) is 19.4 Å². The summed E-state index contributed by atoms with van der Waals surface area (Å²) in [4.78, 5) is 24.9. The highest BCUT2D eigenvalue weighted by Gasteiger charge is 2.19. The van der Waals surface area contributed by atoms with Crippen LogP contribution >= 0.6 is 0 Å². The van der Waals surface area contributed by atoms with Crippen LogP contribution in [-0.4, -0.2) is 50.1 Å². The van der Waals surface area contributed by atoms with E-state index in [4.69, 9.17) is 0 Å². The number of methoxy groups -OCH3 is 1. The first-order valence-corrected chi connectivity index (χ1v) is 6.64. The summed E-state index contributed by atoms with van der Waals surface area (Å²) in [6.45, 7) is 7.80. The highest BCUT2D eigenvalue weighted by Crippen LogP contribution is 2.10. The predicted molar refractivity (Wildman–Crippen MR) is 71.2 cm³/mol. The van der Waals surface area contributed by atoms with Crippen LogP contribution in [0, 0.1) is 5.92 Å². The van der Waals surface area contributed by atoms with E-state index in [1.54, 1.807) is 4.90 Å². The maximum absolute atomic E-state index is 12.0. The summed E-state index contributed by atoms with van der Waals surface area (Å²) in [5.74, 6) is 0.0141. The van der Waals surface area contributed by atoms with Gasteiger partial charge in [-0.2, -0.15) is 0 Å². The maximum Gasteiger partial charge on any atom is 0.325 e. The minimum atomic E-state index is -0.370. The number of hydrogen-bond donors (Lipinski definition) is 1. The van der Waals surface area contributed by atoms with Crippen molar-refractivity contribution in [2.45, 2.75) is 33.6 Å². The number of ether oxygens (including phenoxy) is 1. The minimum absolute atomic E-state index is 0.0389. The molecule has 0 aliphatic heterocycles. The van der Waals surface area contributed by atoms with Crippen molar-refractivity contribution in [1.82, 2.24) is 10.2 Å². The van der Waals surface area contributed by atoms with E-state index in [2.05, 4.69) is 23.9 Å². The van der Waals surface area contributed by atoms with Gasteiger partial charge in [-0.15, -0.1) is 0 Å². The number of carbonyl (C=O) groups is 2. The fourth-order valence-electron chi connectivity index (χ4n) is 1.68. The lowest BCUT2D eigenvalue weighted by molar-refractivity contribution is -0.147. The van der Waals surface area contributed by atoms with E-state index in [0.29, 0.717) is 12.5 Å². The van der Waals surface area contributed by atoms with Gasteiger partial charge in [0.2, 0.25) is 5.91 Å². The summed E-state index contributed by atoms with van der Waals surface area (Å²) in [5.41, 5.74) is 0. The molecule has 0 aromatic rings. The van der Waals surface area contributed by atoms with Crippen LogP contribution in [0.3, 0.4) is 0 Å². The Morgan fingerprint density at radius 3 is 2.28 bits per heavy atom. The first-order chi connectivity index (χ1) is 8.58. The molecule has 0 spiro atoms. The highest BCUT2D eigenvalue weighted by atomic mass is 16.5. The third-order valence-corrected chi connectivity index (χ3v) is 3.06. The van der Waals surface area contributed by atoms with Crippen LogP contribution in [0.5, 0.6) is 0 Å². The standard InChI is InChI=1S/C13H26N2O3/c1-5-11(6-2)9-15(10-13(17)18-4)12(16)8-14-7-3/h11,14H,5-10H2,1-4H3. The van der Waals surface area contributed by atoms with Gasteiger partial charge in [-0.05, 0) is 12.5 Å². The molecule has 1 amide bonds. The molecule has 18 heavy (non-hydrogen) atoms. The van der Waals surface area contributed by atoms with E-state index < -0.39 is 0 Å². The monoisotopic (exact) mass is 258 g/mol. The topological polar surface area (TPSA) is 58.6 Å². The average Bonchev–Trinajstić information content (AvgIpc) is 2.40. The molecule has 0 bridgehead atoms. The Bertz CT molecular complexity index is 253. The summed E-state index contributed by atoms with van der Waals surface area (Å²) in [7, 11) is 1.34. The molecule has 0 atom stereocenters. The number of carbonyl (C=O) groups excluding carboxylic acids is 2. The third kappa shape index (κ3) is 6.59. The number of nitrogens with one attached hydrogen (secondary N) is 1. The lowest BCUT2D eigenvalue weighted by Crippen LogP contribution is -2.43. The summed E-state index contributed by atoms with van der Waals surface area (Å²) in [6.07, 6.45) is 2.01. The molecule has 0 rings (SSSR count). The van der Waals surface area contributed by atoms with Crippen molar-refractivity contribution >= 4 is 11.9 Å².